The molecule has 0 saturated carbocycles. The van der Waals surface area contributed by atoms with Crippen molar-refractivity contribution >= 4 is 0 Å². The Labute approximate surface area is 119 Å². The maximum absolute atomic E-state index is 13.1. The smallest absolute Gasteiger partial charge is 0.126 e. The van der Waals surface area contributed by atoms with Gasteiger partial charge >= 0.3 is 0 Å². The number of hydrogen-bond donors (Lipinski definition) is 1. The van der Waals surface area contributed by atoms with Crippen LogP contribution < -0.4 is 5.32 Å². The van der Waals surface area contributed by atoms with Crippen molar-refractivity contribution in [2.45, 2.75) is 45.3 Å². The van der Waals surface area contributed by atoms with Crippen LogP contribution in [0.15, 0.2) is 18.2 Å². The Balaban J connectivity index is 1.77. The van der Waals surface area contributed by atoms with E-state index in [0.29, 0.717) is 30.0 Å². The fourth-order valence-electron chi connectivity index (χ4n) is 2.65. The fourth-order valence-corrected chi connectivity index (χ4v) is 2.65. The molecular formula is C16H23F2NO. The fraction of sp³-hybridized carbons (Fsp3) is 0.625. The lowest BCUT2D eigenvalue weighted by Gasteiger charge is -2.32. The van der Waals surface area contributed by atoms with Crippen molar-refractivity contribution in [3.8, 4) is 0 Å². The van der Waals surface area contributed by atoms with Gasteiger partial charge in [-0.05, 0) is 49.4 Å². The van der Waals surface area contributed by atoms with Gasteiger partial charge in [0.15, 0.2) is 0 Å². The second kappa shape index (κ2) is 7.14. The standard InChI is InChI=1S/C16H23F2NO/c1-11(2)16-10-15(4-6-20-16)19-5-3-12-7-13(17)9-14(18)8-12/h7-9,11,15-16,19H,3-6,10H2,1-2H3. The van der Waals surface area contributed by atoms with Crippen LogP contribution in [0.25, 0.3) is 0 Å². The minimum absolute atomic E-state index is 0.313. The quantitative estimate of drug-likeness (QED) is 0.895. The second-order valence-electron chi connectivity index (χ2n) is 5.86. The maximum Gasteiger partial charge on any atom is 0.126 e. The topological polar surface area (TPSA) is 21.3 Å². The van der Waals surface area contributed by atoms with Gasteiger partial charge in [-0.1, -0.05) is 13.8 Å². The first-order valence-electron chi connectivity index (χ1n) is 7.34. The number of halogens is 2. The largest absolute Gasteiger partial charge is 0.378 e. The van der Waals surface area contributed by atoms with E-state index in [1.165, 1.54) is 12.1 Å². The van der Waals surface area contributed by atoms with Gasteiger partial charge in [0.25, 0.3) is 0 Å². The van der Waals surface area contributed by atoms with E-state index >= 15 is 0 Å². The van der Waals surface area contributed by atoms with Crippen LogP contribution >= 0.6 is 0 Å². The monoisotopic (exact) mass is 283 g/mol. The molecule has 2 atom stereocenters. The van der Waals surface area contributed by atoms with Gasteiger partial charge in [0.2, 0.25) is 0 Å². The van der Waals surface area contributed by atoms with Gasteiger partial charge in [-0.25, -0.2) is 8.78 Å². The van der Waals surface area contributed by atoms with Crippen LogP contribution in [0, 0.1) is 17.6 Å². The van der Waals surface area contributed by atoms with Gasteiger partial charge in [0.05, 0.1) is 6.10 Å². The zero-order valence-electron chi connectivity index (χ0n) is 12.2. The molecule has 1 fully saturated rings. The molecule has 112 valence electrons. The molecule has 20 heavy (non-hydrogen) atoms. The lowest BCUT2D eigenvalue weighted by molar-refractivity contribution is -0.0241. The molecule has 0 bridgehead atoms. The molecule has 1 saturated heterocycles. The Morgan fingerprint density at radius 3 is 2.60 bits per heavy atom. The van der Waals surface area contributed by atoms with E-state index in [9.17, 15) is 8.78 Å². The summed E-state index contributed by atoms with van der Waals surface area (Å²) >= 11 is 0. The van der Waals surface area contributed by atoms with Crippen LogP contribution in [0.2, 0.25) is 0 Å². The zero-order chi connectivity index (χ0) is 14.5. The van der Waals surface area contributed by atoms with Crippen LogP contribution in [-0.2, 0) is 11.2 Å². The van der Waals surface area contributed by atoms with Crippen molar-refractivity contribution in [3.05, 3.63) is 35.4 Å². The van der Waals surface area contributed by atoms with Crippen molar-refractivity contribution < 1.29 is 13.5 Å². The lowest BCUT2D eigenvalue weighted by Crippen LogP contribution is -2.41. The summed E-state index contributed by atoms with van der Waals surface area (Å²) in [5, 5.41) is 3.47. The predicted molar refractivity (Wildman–Crippen MR) is 75.7 cm³/mol. The summed E-state index contributed by atoms with van der Waals surface area (Å²) in [6.45, 7) is 5.86. The van der Waals surface area contributed by atoms with Crippen molar-refractivity contribution in [1.29, 1.82) is 0 Å². The summed E-state index contributed by atoms with van der Waals surface area (Å²) in [5.74, 6) is -0.492. The number of hydrogen-bond acceptors (Lipinski definition) is 2. The second-order valence-corrected chi connectivity index (χ2v) is 5.86. The van der Waals surface area contributed by atoms with Crippen molar-refractivity contribution in [2.75, 3.05) is 13.2 Å². The van der Waals surface area contributed by atoms with E-state index in [1.54, 1.807) is 0 Å². The predicted octanol–water partition coefficient (Wildman–Crippen LogP) is 3.30. The van der Waals surface area contributed by atoms with Crippen LogP contribution in [0.1, 0.15) is 32.3 Å². The first-order valence-corrected chi connectivity index (χ1v) is 7.34. The Morgan fingerprint density at radius 2 is 1.95 bits per heavy atom. The molecule has 2 nitrogen and oxygen atoms in total. The molecule has 1 heterocycles. The van der Waals surface area contributed by atoms with Crippen LogP contribution in [-0.4, -0.2) is 25.3 Å². The van der Waals surface area contributed by atoms with Gasteiger partial charge in [-0.15, -0.1) is 0 Å². The third kappa shape index (κ3) is 4.53. The number of rotatable bonds is 5. The average Bonchev–Trinajstić information content (AvgIpc) is 2.38. The highest BCUT2D eigenvalue weighted by Gasteiger charge is 2.24. The maximum atomic E-state index is 13.1. The summed E-state index contributed by atoms with van der Waals surface area (Å²) in [7, 11) is 0. The third-order valence-corrected chi connectivity index (χ3v) is 3.83. The normalized spacial score (nSPS) is 23.2. The first-order chi connectivity index (χ1) is 9.54. The van der Waals surface area contributed by atoms with E-state index in [-0.39, 0.29) is 0 Å². The van der Waals surface area contributed by atoms with E-state index in [2.05, 4.69) is 19.2 Å². The Morgan fingerprint density at radius 1 is 1.25 bits per heavy atom. The molecule has 0 amide bonds. The molecule has 0 aliphatic carbocycles. The highest BCUT2D eigenvalue weighted by molar-refractivity contribution is 5.18. The van der Waals surface area contributed by atoms with E-state index in [4.69, 9.17) is 4.74 Å². The summed E-state index contributed by atoms with van der Waals surface area (Å²) in [4.78, 5) is 0. The molecule has 1 aliphatic rings. The molecule has 2 unspecified atom stereocenters. The highest BCUT2D eigenvalue weighted by atomic mass is 19.1. The van der Waals surface area contributed by atoms with Gasteiger partial charge in [0.1, 0.15) is 11.6 Å². The lowest BCUT2D eigenvalue weighted by atomic mass is 9.95. The van der Waals surface area contributed by atoms with Crippen molar-refractivity contribution in [2.24, 2.45) is 5.92 Å². The summed E-state index contributed by atoms with van der Waals surface area (Å²) in [6, 6.07) is 4.13. The summed E-state index contributed by atoms with van der Waals surface area (Å²) in [6.07, 6.45) is 2.96. The Bertz CT molecular complexity index is 416. The molecule has 0 spiro atoms. The average molecular weight is 283 g/mol. The van der Waals surface area contributed by atoms with Gasteiger partial charge in [0, 0.05) is 18.7 Å². The van der Waals surface area contributed by atoms with Gasteiger partial charge in [-0.3, -0.25) is 0 Å². The van der Waals surface area contributed by atoms with Gasteiger partial charge < -0.3 is 10.1 Å². The van der Waals surface area contributed by atoms with Gasteiger partial charge in [-0.2, -0.15) is 0 Å². The van der Waals surface area contributed by atoms with Crippen LogP contribution in [0.4, 0.5) is 8.78 Å². The van der Waals surface area contributed by atoms with Crippen molar-refractivity contribution in [1.82, 2.24) is 5.32 Å². The van der Waals surface area contributed by atoms with E-state index in [0.717, 1.165) is 32.1 Å². The number of ether oxygens (including phenoxy) is 1. The number of nitrogens with one attached hydrogen (secondary N) is 1. The molecule has 0 aromatic heterocycles. The first kappa shape index (κ1) is 15.4. The third-order valence-electron chi connectivity index (χ3n) is 3.83. The Kier molecular flexibility index (Phi) is 5.49. The molecule has 1 aliphatic heterocycles. The Hall–Kier alpha value is -1.00. The molecular weight excluding hydrogens is 260 g/mol. The minimum Gasteiger partial charge on any atom is -0.378 e. The van der Waals surface area contributed by atoms with E-state index in [1.807, 2.05) is 0 Å². The molecule has 0 radical (unpaired) electrons. The van der Waals surface area contributed by atoms with Crippen molar-refractivity contribution in [3.63, 3.8) is 0 Å². The van der Waals surface area contributed by atoms with Crippen LogP contribution in [0.3, 0.4) is 0 Å². The molecule has 2 rings (SSSR count). The molecule has 1 aromatic carbocycles. The minimum atomic E-state index is -0.508. The SMILES string of the molecule is CC(C)C1CC(NCCc2cc(F)cc(F)c2)CCO1. The highest BCUT2D eigenvalue weighted by Crippen LogP contribution is 2.20. The summed E-state index contributed by atoms with van der Waals surface area (Å²) < 4.78 is 31.9. The number of benzene rings is 1. The van der Waals surface area contributed by atoms with Crippen LogP contribution in [0.5, 0.6) is 0 Å². The molecule has 1 aromatic rings. The van der Waals surface area contributed by atoms with E-state index < -0.39 is 11.6 Å². The zero-order valence-corrected chi connectivity index (χ0v) is 12.2. The summed E-state index contributed by atoms with van der Waals surface area (Å²) in [5.41, 5.74) is 0.697. The molecule has 1 N–H and O–H groups in total. The molecule has 4 heteroatoms.